The molecule has 0 aliphatic heterocycles. The third-order valence-corrected chi connectivity index (χ3v) is 5.02. The third kappa shape index (κ3) is 3.84. The number of hydrogen-bond donors (Lipinski definition) is 2. The number of carbonyl (C=O) groups excluding carboxylic acids is 1. The molecule has 0 radical (unpaired) electrons. The molecule has 7 heteroatoms. The van der Waals surface area contributed by atoms with E-state index < -0.39 is 9.84 Å². The summed E-state index contributed by atoms with van der Waals surface area (Å²) < 4.78 is 24.2. The molecule has 0 heterocycles. The van der Waals surface area contributed by atoms with Crippen molar-refractivity contribution in [1.82, 2.24) is 5.32 Å². The Morgan fingerprint density at radius 2 is 2.11 bits per heavy atom. The van der Waals surface area contributed by atoms with E-state index in [4.69, 9.17) is 17.3 Å². The van der Waals surface area contributed by atoms with Crippen LogP contribution >= 0.6 is 11.6 Å². The maximum atomic E-state index is 12.1. The Morgan fingerprint density at radius 3 is 2.74 bits per heavy atom. The monoisotopic (exact) mass is 302 g/mol. The fourth-order valence-corrected chi connectivity index (χ4v) is 3.45. The fourth-order valence-electron chi connectivity index (χ4n) is 1.62. The number of nitrogen functional groups attached to an aromatic ring is 1. The van der Waals surface area contributed by atoms with Gasteiger partial charge in [0.1, 0.15) is 0 Å². The average molecular weight is 303 g/mol. The maximum Gasteiger partial charge on any atom is 0.221 e. The number of anilines is 1. The molecule has 19 heavy (non-hydrogen) atoms. The van der Waals surface area contributed by atoms with E-state index in [9.17, 15) is 13.2 Å². The summed E-state index contributed by atoms with van der Waals surface area (Å²) in [6.07, 6.45) is 1.88. The molecule has 1 saturated carbocycles. The van der Waals surface area contributed by atoms with Crippen LogP contribution < -0.4 is 11.1 Å². The van der Waals surface area contributed by atoms with E-state index in [-0.39, 0.29) is 34.0 Å². The van der Waals surface area contributed by atoms with Crippen LogP contribution in [0.1, 0.15) is 19.3 Å². The van der Waals surface area contributed by atoms with Gasteiger partial charge in [-0.05, 0) is 31.0 Å². The molecule has 0 unspecified atom stereocenters. The highest BCUT2D eigenvalue weighted by Gasteiger charge is 2.25. The largest absolute Gasteiger partial charge is 0.399 e. The van der Waals surface area contributed by atoms with Crippen molar-refractivity contribution in [2.45, 2.75) is 30.2 Å². The van der Waals surface area contributed by atoms with Gasteiger partial charge in [0.2, 0.25) is 5.91 Å². The Bertz CT molecular complexity index is 597. The molecule has 1 fully saturated rings. The quantitative estimate of drug-likeness (QED) is 0.804. The van der Waals surface area contributed by atoms with Gasteiger partial charge >= 0.3 is 0 Å². The molecule has 1 aromatic rings. The summed E-state index contributed by atoms with van der Waals surface area (Å²) in [6, 6.07) is 4.51. The highest BCUT2D eigenvalue weighted by molar-refractivity contribution is 7.91. The smallest absolute Gasteiger partial charge is 0.221 e. The summed E-state index contributed by atoms with van der Waals surface area (Å²) in [5.74, 6) is -0.513. The standard InChI is InChI=1S/C12H15ClN2O3S/c13-10-4-1-8(14)7-11(10)19(17,18)6-5-12(16)15-9-2-3-9/h1,4,7,9H,2-3,5-6,14H2,(H,15,16). The lowest BCUT2D eigenvalue weighted by Gasteiger charge is -2.07. The van der Waals surface area contributed by atoms with Crippen molar-refractivity contribution in [2.75, 3.05) is 11.5 Å². The second-order valence-electron chi connectivity index (χ2n) is 4.60. The lowest BCUT2D eigenvalue weighted by atomic mass is 10.3. The van der Waals surface area contributed by atoms with E-state index >= 15 is 0 Å². The number of rotatable bonds is 5. The van der Waals surface area contributed by atoms with Gasteiger partial charge in [-0.2, -0.15) is 0 Å². The third-order valence-electron chi connectivity index (χ3n) is 2.83. The lowest BCUT2D eigenvalue weighted by molar-refractivity contribution is -0.120. The highest BCUT2D eigenvalue weighted by Crippen LogP contribution is 2.25. The van der Waals surface area contributed by atoms with Crippen LogP contribution in [0.25, 0.3) is 0 Å². The van der Waals surface area contributed by atoms with Crippen LogP contribution in [0.2, 0.25) is 5.02 Å². The molecule has 0 atom stereocenters. The molecule has 2 rings (SSSR count). The van der Waals surface area contributed by atoms with E-state index in [1.165, 1.54) is 18.2 Å². The zero-order valence-electron chi connectivity index (χ0n) is 10.2. The SMILES string of the molecule is Nc1ccc(Cl)c(S(=O)(=O)CCC(=O)NC2CC2)c1. The van der Waals surface area contributed by atoms with E-state index in [0.29, 0.717) is 5.69 Å². The van der Waals surface area contributed by atoms with Gasteiger partial charge in [0.05, 0.1) is 15.7 Å². The van der Waals surface area contributed by atoms with Gasteiger partial charge in [-0.1, -0.05) is 11.6 Å². The van der Waals surface area contributed by atoms with Crippen LogP contribution in [0, 0.1) is 0 Å². The van der Waals surface area contributed by atoms with Gasteiger partial charge in [-0.3, -0.25) is 4.79 Å². The van der Waals surface area contributed by atoms with Crippen LogP contribution in [0.15, 0.2) is 23.1 Å². The first kappa shape index (κ1) is 14.1. The zero-order valence-corrected chi connectivity index (χ0v) is 11.8. The minimum absolute atomic E-state index is 0.0200. The van der Waals surface area contributed by atoms with Crippen LogP contribution in [0.3, 0.4) is 0 Å². The number of amides is 1. The number of benzene rings is 1. The molecular weight excluding hydrogens is 288 g/mol. The number of nitrogens with one attached hydrogen (secondary N) is 1. The molecule has 0 saturated heterocycles. The van der Waals surface area contributed by atoms with Crippen LogP contribution in [0.4, 0.5) is 5.69 Å². The first-order chi connectivity index (χ1) is 8.88. The van der Waals surface area contributed by atoms with Crippen molar-refractivity contribution in [1.29, 1.82) is 0 Å². The Labute approximate surface area is 117 Å². The summed E-state index contributed by atoms with van der Waals surface area (Å²) in [5, 5.41) is 2.86. The number of hydrogen-bond acceptors (Lipinski definition) is 4. The van der Waals surface area contributed by atoms with E-state index in [2.05, 4.69) is 5.32 Å². The fraction of sp³-hybridized carbons (Fsp3) is 0.417. The number of carbonyl (C=O) groups is 1. The minimum atomic E-state index is -3.60. The molecular formula is C12H15ClN2O3S. The number of sulfone groups is 1. The van der Waals surface area contributed by atoms with Crippen LogP contribution in [-0.2, 0) is 14.6 Å². The molecule has 3 N–H and O–H groups in total. The van der Waals surface area contributed by atoms with Crippen LogP contribution in [0.5, 0.6) is 0 Å². The maximum absolute atomic E-state index is 12.1. The van der Waals surface area contributed by atoms with Gasteiger partial charge in [-0.15, -0.1) is 0 Å². The van der Waals surface area contributed by atoms with Gasteiger partial charge in [0, 0.05) is 18.2 Å². The van der Waals surface area contributed by atoms with Crippen LogP contribution in [-0.4, -0.2) is 26.1 Å². The number of nitrogens with two attached hydrogens (primary N) is 1. The molecule has 1 aromatic carbocycles. The molecule has 0 spiro atoms. The molecule has 1 aliphatic carbocycles. The van der Waals surface area contributed by atoms with Crippen molar-refractivity contribution in [2.24, 2.45) is 0 Å². The molecule has 5 nitrogen and oxygen atoms in total. The summed E-state index contributed by atoms with van der Waals surface area (Å²) in [6.45, 7) is 0. The van der Waals surface area contributed by atoms with E-state index in [1.54, 1.807) is 0 Å². The molecule has 1 amide bonds. The first-order valence-corrected chi connectivity index (χ1v) is 7.98. The Hall–Kier alpha value is -1.27. The second kappa shape index (κ2) is 5.38. The zero-order chi connectivity index (χ0) is 14.0. The van der Waals surface area contributed by atoms with Crippen molar-refractivity contribution < 1.29 is 13.2 Å². The van der Waals surface area contributed by atoms with Crippen molar-refractivity contribution in [3.63, 3.8) is 0 Å². The Kier molecular flexibility index (Phi) is 4.01. The predicted molar refractivity (Wildman–Crippen MR) is 73.7 cm³/mol. The average Bonchev–Trinajstić information content (AvgIpc) is 3.14. The van der Waals surface area contributed by atoms with Crippen molar-refractivity contribution >= 4 is 33.0 Å². The van der Waals surface area contributed by atoms with Gasteiger partial charge in [0.25, 0.3) is 0 Å². The summed E-state index contributed by atoms with van der Waals surface area (Å²) in [5.41, 5.74) is 5.88. The van der Waals surface area contributed by atoms with Gasteiger partial charge in [-0.25, -0.2) is 8.42 Å². The van der Waals surface area contributed by atoms with E-state index in [1.807, 2.05) is 0 Å². The van der Waals surface area contributed by atoms with Gasteiger partial charge < -0.3 is 11.1 Å². The molecule has 0 bridgehead atoms. The highest BCUT2D eigenvalue weighted by atomic mass is 35.5. The molecule has 0 aromatic heterocycles. The lowest BCUT2D eigenvalue weighted by Crippen LogP contribution is -2.27. The predicted octanol–water partition coefficient (Wildman–Crippen LogP) is 1.36. The second-order valence-corrected chi connectivity index (χ2v) is 7.09. The summed E-state index contributed by atoms with van der Waals surface area (Å²) in [7, 11) is -3.60. The topological polar surface area (TPSA) is 89.3 Å². The summed E-state index contributed by atoms with van der Waals surface area (Å²) >= 11 is 5.86. The molecule has 1 aliphatic rings. The minimum Gasteiger partial charge on any atom is -0.399 e. The normalized spacial score (nSPS) is 15.2. The van der Waals surface area contributed by atoms with E-state index in [0.717, 1.165) is 12.8 Å². The Morgan fingerprint density at radius 1 is 1.42 bits per heavy atom. The molecule has 104 valence electrons. The van der Waals surface area contributed by atoms with Crippen molar-refractivity contribution in [3.8, 4) is 0 Å². The number of halogens is 1. The summed E-state index contributed by atoms with van der Waals surface area (Å²) in [4.78, 5) is 11.5. The first-order valence-electron chi connectivity index (χ1n) is 5.95. The Balaban J connectivity index is 2.04. The van der Waals surface area contributed by atoms with Crippen molar-refractivity contribution in [3.05, 3.63) is 23.2 Å². The van der Waals surface area contributed by atoms with Gasteiger partial charge in [0.15, 0.2) is 9.84 Å².